The Labute approximate surface area is 235 Å². The minimum atomic E-state index is -3.50. The van der Waals surface area contributed by atoms with Crippen molar-refractivity contribution in [2.75, 3.05) is 23.7 Å². The second-order valence-corrected chi connectivity index (χ2v) is 12.5. The first-order chi connectivity index (χ1) is 19.2. The molecule has 11 heteroatoms. The van der Waals surface area contributed by atoms with Crippen molar-refractivity contribution in [3.05, 3.63) is 65.4 Å². The number of hydrogen-bond acceptors (Lipinski definition) is 6. The Morgan fingerprint density at radius 2 is 1.90 bits per heavy atom. The summed E-state index contributed by atoms with van der Waals surface area (Å²) in [4.78, 5) is 22.0. The van der Waals surface area contributed by atoms with Crippen LogP contribution in [0.15, 0.2) is 48.7 Å². The van der Waals surface area contributed by atoms with Gasteiger partial charge >= 0.3 is 0 Å². The van der Waals surface area contributed by atoms with Gasteiger partial charge < -0.3 is 25.4 Å². The molecule has 1 aliphatic carbocycles. The molecule has 2 atom stereocenters. The number of aromatic nitrogens is 1. The van der Waals surface area contributed by atoms with Crippen LogP contribution in [0.5, 0.6) is 0 Å². The van der Waals surface area contributed by atoms with Gasteiger partial charge in [0.25, 0.3) is 12.4 Å². The van der Waals surface area contributed by atoms with E-state index in [2.05, 4.69) is 17.6 Å². The van der Waals surface area contributed by atoms with E-state index >= 15 is 0 Å². The van der Waals surface area contributed by atoms with E-state index in [-0.39, 0.29) is 18.1 Å². The highest BCUT2D eigenvalue weighted by atomic mass is 32.2. The molecule has 1 aromatic heterocycles. The SMILES string of the molecule is CCc1cn2c3c(cc(C(=O)N[C@@H](Cc4ccccc4)[C@H](O)CNC4CCC4)cc13)N(C)S(=O)(=O)CC2.O=CO. The number of nitrogens with one attached hydrogen (secondary N) is 2. The molecular weight excluding hydrogens is 532 g/mol. The number of sulfonamides is 1. The number of amides is 1. The van der Waals surface area contributed by atoms with Gasteiger partial charge in [0.05, 0.1) is 29.1 Å². The number of benzene rings is 2. The highest BCUT2D eigenvalue weighted by molar-refractivity contribution is 7.92. The number of anilines is 1. The van der Waals surface area contributed by atoms with Crippen LogP contribution >= 0.6 is 0 Å². The molecule has 1 aliphatic heterocycles. The molecule has 1 amide bonds. The monoisotopic (exact) mass is 570 g/mol. The van der Waals surface area contributed by atoms with Crippen LogP contribution in [0.3, 0.4) is 0 Å². The van der Waals surface area contributed by atoms with Gasteiger partial charge in [-0.3, -0.25) is 13.9 Å². The highest BCUT2D eigenvalue weighted by Crippen LogP contribution is 2.35. The van der Waals surface area contributed by atoms with Crippen molar-refractivity contribution in [3.63, 3.8) is 0 Å². The quantitative estimate of drug-likeness (QED) is 0.290. The van der Waals surface area contributed by atoms with Gasteiger partial charge in [0, 0.05) is 43.3 Å². The minimum absolute atomic E-state index is 0.00593. The van der Waals surface area contributed by atoms with E-state index in [1.54, 1.807) is 13.1 Å². The average Bonchev–Trinajstić information content (AvgIpc) is 3.24. The number of carbonyl (C=O) groups excluding carboxylic acids is 1. The molecule has 1 fully saturated rings. The maximum atomic E-state index is 13.6. The van der Waals surface area contributed by atoms with Gasteiger partial charge in [-0.05, 0) is 48.9 Å². The molecule has 10 nitrogen and oxygen atoms in total. The van der Waals surface area contributed by atoms with Gasteiger partial charge in [-0.25, -0.2) is 8.42 Å². The van der Waals surface area contributed by atoms with Crippen LogP contribution in [0.2, 0.25) is 0 Å². The third kappa shape index (κ3) is 6.48. The molecule has 2 heterocycles. The summed E-state index contributed by atoms with van der Waals surface area (Å²) in [5.74, 6) is -0.321. The molecule has 2 aromatic carbocycles. The summed E-state index contributed by atoms with van der Waals surface area (Å²) >= 11 is 0. The molecule has 0 bridgehead atoms. The Kier molecular flexibility index (Phi) is 9.49. The fraction of sp³-hybridized carbons (Fsp3) is 0.448. The van der Waals surface area contributed by atoms with Gasteiger partial charge in [-0.2, -0.15) is 0 Å². The fourth-order valence-corrected chi connectivity index (χ4v) is 6.40. The van der Waals surface area contributed by atoms with E-state index < -0.39 is 22.2 Å². The maximum Gasteiger partial charge on any atom is 0.290 e. The van der Waals surface area contributed by atoms with Crippen molar-refractivity contribution in [3.8, 4) is 0 Å². The van der Waals surface area contributed by atoms with Crippen LogP contribution in [0.1, 0.15) is 47.7 Å². The first kappa shape index (κ1) is 29.6. The minimum Gasteiger partial charge on any atom is -0.483 e. The van der Waals surface area contributed by atoms with Gasteiger partial charge in [0.15, 0.2) is 0 Å². The van der Waals surface area contributed by atoms with Gasteiger partial charge in [-0.15, -0.1) is 0 Å². The van der Waals surface area contributed by atoms with Crippen LogP contribution in [0, 0.1) is 0 Å². The van der Waals surface area contributed by atoms with Gasteiger partial charge in [0.1, 0.15) is 0 Å². The van der Waals surface area contributed by atoms with Crippen molar-refractivity contribution >= 4 is 39.0 Å². The Bertz CT molecular complexity index is 1440. The fourth-order valence-electron chi connectivity index (χ4n) is 5.26. The summed E-state index contributed by atoms with van der Waals surface area (Å²) < 4.78 is 29.0. The van der Waals surface area contributed by atoms with E-state index in [0.717, 1.165) is 41.3 Å². The number of aryl methyl sites for hydroxylation is 2. The molecule has 40 heavy (non-hydrogen) atoms. The third-order valence-corrected chi connectivity index (χ3v) is 9.55. The largest absolute Gasteiger partial charge is 0.483 e. The molecule has 0 unspecified atom stereocenters. The van der Waals surface area contributed by atoms with Crippen molar-refractivity contribution < 1.29 is 28.2 Å². The van der Waals surface area contributed by atoms with Crippen LogP contribution in [0.25, 0.3) is 10.9 Å². The molecule has 2 aliphatic rings. The topological polar surface area (TPSA) is 141 Å². The second-order valence-electron chi connectivity index (χ2n) is 10.4. The van der Waals surface area contributed by atoms with Gasteiger partial charge in [-0.1, -0.05) is 43.7 Å². The van der Waals surface area contributed by atoms with E-state index in [1.165, 1.54) is 10.7 Å². The zero-order valence-corrected chi connectivity index (χ0v) is 23.7. The molecule has 5 rings (SSSR count). The van der Waals surface area contributed by atoms with Gasteiger partial charge in [0.2, 0.25) is 10.0 Å². The molecule has 0 saturated heterocycles. The lowest BCUT2D eigenvalue weighted by Crippen LogP contribution is -2.51. The van der Waals surface area contributed by atoms with Crippen molar-refractivity contribution in [1.82, 2.24) is 15.2 Å². The normalized spacial score (nSPS) is 17.6. The predicted octanol–water partition coefficient (Wildman–Crippen LogP) is 2.53. The molecule has 3 aromatic rings. The predicted molar refractivity (Wildman–Crippen MR) is 155 cm³/mol. The Morgan fingerprint density at radius 1 is 1.20 bits per heavy atom. The summed E-state index contributed by atoms with van der Waals surface area (Å²) in [5, 5.41) is 25.3. The molecule has 0 spiro atoms. The van der Waals surface area contributed by atoms with Crippen molar-refractivity contribution in [2.24, 2.45) is 0 Å². The smallest absolute Gasteiger partial charge is 0.290 e. The molecular formula is C29H38N4O6S. The van der Waals surface area contributed by atoms with Crippen LogP contribution < -0.4 is 14.9 Å². The second kappa shape index (κ2) is 12.8. The van der Waals surface area contributed by atoms with Crippen LogP contribution in [0.4, 0.5) is 5.69 Å². The number of nitrogens with zero attached hydrogens (tertiary/aromatic N) is 2. The summed E-state index contributed by atoms with van der Waals surface area (Å²) in [6.07, 6.45) is 5.91. The lowest BCUT2D eigenvalue weighted by molar-refractivity contribution is -0.122. The summed E-state index contributed by atoms with van der Waals surface area (Å²) in [7, 11) is -1.95. The van der Waals surface area contributed by atoms with E-state index in [1.807, 2.05) is 47.2 Å². The van der Waals surface area contributed by atoms with E-state index in [0.29, 0.717) is 36.8 Å². The number of aliphatic hydroxyl groups is 1. The zero-order chi connectivity index (χ0) is 28.9. The Hall–Kier alpha value is -3.41. The Balaban J connectivity index is 0.00000118. The van der Waals surface area contributed by atoms with E-state index in [4.69, 9.17) is 9.90 Å². The lowest BCUT2D eigenvalue weighted by atomic mass is 9.92. The van der Waals surface area contributed by atoms with Crippen molar-refractivity contribution in [2.45, 2.75) is 63.8 Å². The first-order valence-electron chi connectivity index (χ1n) is 13.6. The zero-order valence-electron chi connectivity index (χ0n) is 22.9. The maximum absolute atomic E-state index is 13.6. The third-order valence-electron chi connectivity index (χ3n) is 7.82. The van der Waals surface area contributed by atoms with Crippen LogP contribution in [-0.2, 0) is 34.2 Å². The number of carbonyl (C=O) groups is 2. The number of hydrogen-bond donors (Lipinski definition) is 4. The molecule has 1 saturated carbocycles. The summed E-state index contributed by atoms with van der Waals surface area (Å²) in [5.41, 5.74) is 3.82. The molecule has 4 N–H and O–H groups in total. The highest BCUT2D eigenvalue weighted by Gasteiger charge is 2.30. The molecule has 0 radical (unpaired) electrons. The van der Waals surface area contributed by atoms with E-state index in [9.17, 15) is 18.3 Å². The Morgan fingerprint density at radius 3 is 2.52 bits per heavy atom. The number of rotatable bonds is 9. The molecule has 216 valence electrons. The summed E-state index contributed by atoms with van der Waals surface area (Å²) in [6, 6.07) is 13.2. The summed E-state index contributed by atoms with van der Waals surface area (Å²) in [6.45, 7) is 2.58. The first-order valence-corrected chi connectivity index (χ1v) is 15.3. The number of carboxylic acid groups (broad SMARTS) is 1. The average molecular weight is 571 g/mol. The standard InChI is InChI=1S/C28H36N4O4S.CH2O2/c1-3-20-18-32-12-13-37(35,36)31(2)25-16-21(15-23(20)27(25)32)28(34)30-24(14-19-8-5-4-6-9-19)26(33)17-29-22-10-7-11-22;2-1-3/h4-6,8-9,15-16,18,22,24,26,29,33H,3,7,10-14,17H2,1-2H3,(H,30,34);1H,(H,2,3)/t24-,26+;/m0./s1. The number of aliphatic hydroxyl groups excluding tert-OH is 1. The van der Waals surface area contributed by atoms with Crippen LogP contribution in [-0.4, -0.2) is 73.1 Å². The van der Waals surface area contributed by atoms with Crippen molar-refractivity contribution in [1.29, 1.82) is 0 Å². The lowest BCUT2D eigenvalue weighted by Gasteiger charge is -2.30.